The zero-order valence-corrected chi connectivity index (χ0v) is 8.23. The molecule has 0 spiro atoms. The van der Waals surface area contributed by atoms with Gasteiger partial charge in [0, 0.05) is 29.6 Å². The summed E-state index contributed by atoms with van der Waals surface area (Å²) in [7, 11) is 0. The van der Waals surface area contributed by atoms with Crippen LogP contribution in [0.2, 0.25) is 0 Å². The number of H-pyrrole nitrogens is 1. The Morgan fingerprint density at radius 3 is 3.07 bits per heavy atom. The second kappa shape index (κ2) is 3.96. The number of oxime groups is 1. The molecule has 0 aliphatic heterocycles. The van der Waals surface area contributed by atoms with Crippen molar-refractivity contribution >= 4 is 23.1 Å². The molecule has 2 rings (SSSR count). The standard InChI is InChI=1S/C11H10N2O2/c1-8(14)15-13-7-9-6-12-11-5-3-2-4-10(9)11/h2-7,12H,1H3/b13-7+. The van der Waals surface area contributed by atoms with Gasteiger partial charge in [0.1, 0.15) is 0 Å². The van der Waals surface area contributed by atoms with Gasteiger partial charge in [0.15, 0.2) is 0 Å². The van der Waals surface area contributed by atoms with Crippen LogP contribution < -0.4 is 0 Å². The van der Waals surface area contributed by atoms with Gasteiger partial charge in [0.2, 0.25) is 0 Å². The Bertz CT molecular complexity index is 514. The number of hydrogen-bond acceptors (Lipinski definition) is 3. The molecule has 0 atom stereocenters. The predicted molar refractivity (Wildman–Crippen MR) is 57.7 cm³/mol. The molecule has 0 saturated heterocycles. The molecule has 0 radical (unpaired) electrons. The van der Waals surface area contributed by atoms with E-state index < -0.39 is 5.97 Å². The molecular weight excluding hydrogens is 192 g/mol. The molecule has 0 aliphatic carbocycles. The van der Waals surface area contributed by atoms with Crippen molar-refractivity contribution < 1.29 is 9.63 Å². The third kappa shape index (κ3) is 2.04. The van der Waals surface area contributed by atoms with Crippen LogP contribution in [0.25, 0.3) is 10.9 Å². The molecule has 0 bridgehead atoms. The van der Waals surface area contributed by atoms with Crippen LogP contribution in [0, 0.1) is 0 Å². The molecule has 4 nitrogen and oxygen atoms in total. The second-order valence-corrected chi connectivity index (χ2v) is 3.11. The van der Waals surface area contributed by atoms with E-state index in [0.717, 1.165) is 16.5 Å². The lowest BCUT2D eigenvalue weighted by molar-refractivity contribution is -0.140. The van der Waals surface area contributed by atoms with Crippen LogP contribution in [0.5, 0.6) is 0 Å². The lowest BCUT2D eigenvalue weighted by Gasteiger charge is -1.90. The number of benzene rings is 1. The van der Waals surface area contributed by atoms with Crippen LogP contribution in [0.3, 0.4) is 0 Å². The Morgan fingerprint density at radius 2 is 2.27 bits per heavy atom. The highest BCUT2D eigenvalue weighted by molar-refractivity contribution is 5.98. The number of hydrogen-bond donors (Lipinski definition) is 1. The van der Waals surface area contributed by atoms with Gasteiger partial charge in [-0.1, -0.05) is 23.4 Å². The molecule has 1 aromatic carbocycles. The lowest BCUT2D eigenvalue weighted by Crippen LogP contribution is -1.91. The minimum absolute atomic E-state index is 0.425. The quantitative estimate of drug-likeness (QED) is 0.460. The highest BCUT2D eigenvalue weighted by Crippen LogP contribution is 2.15. The maximum Gasteiger partial charge on any atom is 0.331 e. The minimum Gasteiger partial charge on any atom is -0.361 e. The minimum atomic E-state index is -0.425. The molecule has 1 heterocycles. The number of nitrogens with one attached hydrogen (secondary N) is 1. The van der Waals surface area contributed by atoms with Gasteiger partial charge in [0.05, 0.1) is 6.21 Å². The van der Waals surface area contributed by atoms with Crippen molar-refractivity contribution in [3.05, 3.63) is 36.0 Å². The molecule has 2 aromatic rings. The van der Waals surface area contributed by atoms with Gasteiger partial charge in [0.25, 0.3) is 0 Å². The van der Waals surface area contributed by atoms with Crippen LogP contribution in [-0.2, 0) is 9.63 Å². The van der Waals surface area contributed by atoms with Crippen molar-refractivity contribution in [3.63, 3.8) is 0 Å². The van der Waals surface area contributed by atoms with E-state index in [1.54, 1.807) is 0 Å². The number of fused-ring (bicyclic) bond motifs is 1. The summed E-state index contributed by atoms with van der Waals surface area (Å²) in [6, 6.07) is 7.84. The van der Waals surface area contributed by atoms with E-state index in [4.69, 9.17) is 0 Å². The van der Waals surface area contributed by atoms with Gasteiger partial charge in [-0.2, -0.15) is 0 Å². The number of carbonyl (C=O) groups excluding carboxylic acids is 1. The summed E-state index contributed by atoms with van der Waals surface area (Å²) in [5.74, 6) is -0.425. The number of para-hydroxylation sites is 1. The van der Waals surface area contributed by atoms with Crippen LogP contribution in [0.1, 0.15) is 12.5 Å². The lowest BCUT2D eigenvalue weighted by atomic mass is 10.2. The molecular formula is C11H10N2O2. The number of rotatable bonds is 2. The molecule has 0 fully saturated rings. The van der Waals surface area contributed by atoms with Crippen LogP contribution in [0.4, 0.5) is 0 Å². The van der Waals surface area contributed by atoms with Gasteiger partial charge in [-0.3, -0.25) is 0 Å². The fraction of sp³-hybridized carbons (Fsp3) is 0.0909. The van der Waals surface area contributed by atoms with Crippen molar-refractivity contribution in [2.45, 2.75) is 6.92 Å². The first kappa shape index (κ1) is 9.45. The SMILES string of the molecule is CC(=O)O/N=C/c1c[nH]c2ccccc12. The van der Waals surface area contributed by atoms with E-state index in [0.29, 0.717) is 0 Å². The summed E-state index contributed by atoms with van der Waals surface area (Å²) < 4.78 is 0. The zero-order chi connectivity index (χ0) is 10.7. The van der Waals surface area contributed by atoms with E-state index in [1.165, 1.54) is 13.1 Å². The van der Waals surface area contributed by atoms with E-state index in [1.807, 2.05) is 30.5 Å². The molecule has 0 saturated carbocycles. The highest BCUT2D eigenvalue weighted by Gasteiger charge is 1.99. The molecule has 0 amide bonds. The van der Waals surface area contributed by atoms with E-state index in [-0.39, 0.29) is 0 Å². The first-order chi connectivity index (χ1) is 7.27. The van der Waals surface area contributed by atoms with E-state index >= 15 is 0 Å². The monoisotopic (exact) mass is 202 g/mol. The molecule has 1 N–H and O–H groups in total. The highest BCUT2D eigenvalue weighted by atomic mass is 16.7. The smallest absolute Gasteiger partial charge is 0.331 e. The Labute approximate surface area is 86.5 Å². The molecule has 15 heavy (non-hydrogen) atoms. The maximum atomic E-state index is 10.5. The fourth-order valence-electron chi connectivity index (χ4n) is 1.36. The third-order valence-corrected chi connectivity index (χ3v) is 1.99. The second-order valence-electron chi connectivity index (χ2n) is 3.11. The molecule has 0 aliphatic rings. The predicted octanol–water partition coefficient (Wildman–Crippen LogP) is 2.06. The fourth-order valence-corrected chi connectivity index (χ4v) is 1.36. The van der Waals surface area contributed by atoms with Gasteiger partial charge in [-0.25, -0.2) is 4.79 Å². The summed E-state index contributed by atoms with van der Waals surface area (Å²) in [4.78, 5) is 18.1. The Balaban J connectivity index is 2.28. The molecule has 4 heteroatoms. The normalized spacial score (nSPS) is 11.0. The zero-order valence-electron chi connectivity index (χ0n) is 8.23. The summed E-state index contributed by atoms with van der Waals surface area (Å²) in [5.41, 5.74) is 1.92. The molecule has 76 valence electrons. The van der Waals surface area contributed by atoms with Crippen molar-refractivity contribution in [2.75, 3.05) is 0 Å². The number of aromatic amines is 1. The van der Waals surface area contributed by atoms with Crippen LogP contribution in [0.15, 0.2) is 35.6 Å². The first-order valence-electron chi connectivity index (χ1n) is 4.54. The molecule has 1 aromatic heterocycles. The van der Waals surface area contributed by atoms with Gasteiger partial charge in [-0.05, 0) is 6.07 Å². The van der Waals surface area contributed by atoms with Crippen molar-refractivity contribution in [2.24, 2.45) is 5.16 Å². The van der Waals surface area contributed by atoms with Crippen LogP contribution >= 0.6 is 0 Å². The first-order valence-corrected chi connectivity index (χ1v) is 4.54. The van der Waals surface area contributed by atoms with Crippen molar-refractivity contribution in [1.82, 2.24) is 4.98 Å². The van der Waals surface area contributed by atoms with Gasteiger partial charge < -0.3 is 9.82 Å². The summed E-state index contributed by atoms with van der Waals surface area (Å²) >= 11 is 0. The summed E-state index contributed by atoms with van der Waals surface area (Å²) in [6.45, 7) is 1.31. The number of nitrogens with zero attached hydrogens (tertiary/aromatic N) is 1. The average Bonchev–Trinajstić information content (AvgIpc) is 2.62. The Hall–Kier alpha value is -2.10. The Morgan fingerprint density at radius 1 is 1.47 bits per heavy atom. The number of aromatic nitrogens is 1. The van der Waals surface area contributed by atoms with E-state index in [2.05, 4.69) is 15.0 Å². The van der Waals surface area contributed by atoms with Crippen molar-refractivity contribution in [1.29, 1.82) is 0 Å². The Kier molecular flexibility index (Phi) is 2.49. The summed E-state index contributed by atoms with van der Waals surface area (Å²) in [5, 5.41) is 4.62. The van der Waals surface area contributed by atoms with Gasteiger partial charge >= 0.3 is 5.97 Å². The summed E-state index contributed by atoms with van der Waals surface area (Å²) in [6.07, 6.45) is 3.33. The average molecular weight is 202 g/mol. The largest absolute Gasteiger partial charge is 0.361 e. The third-order valence-electron chi connectivity index (χ3n) is 1.99. The molecule has 0 unspecified atom stereocenters. The maximum absolute atomic E-state index is 10.5. The van der Waals surface area contributed by atoms with Crippen molar-refractivity contribution in [3.8, 4) is 0 Å². The topological polar surface area (TPSA) is 54.4 Å². The number of carbonyl (C=O) groups is 1. The van der Waals surface area contributed by atoms with E-state index in [9.17, 15) is 4.79 Å². The van der Waals surface area contributed by atoms with Crippen LogP contribution in [-0.4, -0.2) is 17.2 Å². The van der Waals surface area contributed by atoms with Gasteiger partial charge in [-0.15, -0.1) is 0 Å².